The van der Waals surface area contributed by atoms with E-state index < -0.39 is 29.9 Å². The molecule has 3 aliphatic rings. The van der Waals surface area contributed by atoms with E-state index in [9.17, 15) is 22.8 Å². The van der Waals surface area contributed by atoms with Crippen molar-refractivity contribution < 1.29 is 32.2 Å². The minimum atomic E-state index is -4.49. The molecule has 1 aromatic rings. The molecule has 1 atom stereocenters. The highest BCUT2D eigenvalue weighted by atomic mass is 32.2. The topological polar surface area (TPSA) is 83.5 Å². The number of thioether (sulfide) groups is 1. The van der Waals surface area contributed by atoms with E-state index >= 15 is 0 Å². The van der Waals surface area contributed by atoms with Gasteiger partial charge < -0.3 is 19.7 Å². The van der Waals surface area contributed by atoms with Gasteiger partial charge in [-0.2, -0.15) is 13.2 Å². The second kappa shape index (κ2) is 11.9. The summed E-state index contributed by atoms with van der Waals surface area (Å²) in [6.45, 7) is 9.29. The molecular formula is C26H31F3N4O4S. The zero-order valence-corrected chi connectivity index (χ0v) is 22.3. The number of benzene rings is 1. The van der Waals surface area contributed by atoms with Crippen molar-refractivity contribution in [1.29, 1.82) is 0 Å². The Balaban J connectivity index is 1.56. The first kappa shape index (κ1) is 28.2. The Bertz CT molecular complexity index is 1140. The van der Waals surface area contributed by atoms with E-state index in [0.717, 1.165) is 25.2 Å². The minimum absolute atomic E-state index is 0.0256. The van der Waals surface area contributed by atoms with Gasteiger partial charge in [-0.3, -0.25) is 9.69 Å². The summed E-state index contributed by atoms with van der Waals surface area (Å²) in [5, 5.41) is 5.27. The molecule has 0 spiro atoms. The fourth-order valence-corrected chi connectivity index (χ4v) is 5.45. The summed E-state index contributed by atoms with van der Waals surface area (Å²) in [6.07, 6.45) is -4.86. The molecule has 38 heavy (non-hydrogen) atoms. The molecule has 0 aromatic heterocycles. The number of fused-ring (bicyclic) bond motifs is 1. The van der Waals surface area contributed by atoms with Crippen LogP contribution < -0.4 is 5.32 Å². The number of allylic oxidation sites excluding steroid dienone is 1. The maximum Gasteiger partial charge on any atom is 0.416 e. The number of carbonyl (C=O) groups is 2. The van der Waals surface area contributed by atoms with Gasteiger partial charge in [0.25, 0.3) is 0 Å². The van der Waals surface area contributed by atoms with E-state index in [2.05, 4.69) is 15.2 Å². The summed E-state index contributed by atoms with van der Waals surface area (Å²) in [4.78, 5) is 34.5. The number of esters is 1. The lowest BCUT2D eigenvalue weighted by Gasteiger charge is -2.36. The van der Waals surface area contributed by atoms with Crippen molar-refractivity contribution in [1.82, 2.24) is 15.1 Å². The van der Waals surface area contributed by atoms with Crippen LogP contribution in [0.3, 0.4) is 0 Å². The van der Waals surface area contributed by atoms with E-state index in [0.29, 0.717) is 48.4 Å². The van der Waals surface area contributed by atoms with Gasteiger partial charge in [0, 0.05) is 31.9 Å². The van der Waals surface area contributed by atoms with Gasteiger partial charge in [0.05, 0.1) is 48.6 Å². The van der Waals surface area contributed by atoms with Gasteiger partial charge >= 0.3 is 12.1 Å². The summed E-state index contributed by atoms with van der Waals surface area (Å²) in [5.74, 6) is -0.800. The summed E-state index contributed by atoms with van der Waals surface area (Å²) in [7, 11) is 0. The number of nitrogens with zero attached hydrogens (tertiary/aromatic N) is 3. The fraction of sp³-hybridized carbons (Fsp3) is 0.500. The lowest BCUT2D eigenvalue weighted by atomic mass is 9.93. The lowest BCUT2D eigenvalue weighted by molar-refractivity contribution is -0.143. The molecule has 0 radical (unpaired) electrons. The summed E-state index contributed by atoms with van der Waals surface area (Å²) in [5.41, 5.74) is 0.919. The first-order valence-corrected chi connectivity index (χ1v) is 13.3. The van der Waals surface area contributed by atoms with Gasteiger partial charge in [0.2, 0.25) is 5.91 Å². The Morgan fingerprint density at radius 3 is 2.53 bits per heavy atom. The van der Waals surface area contributed by atoms with Crippen molar-refractivity contribution in [2.75, 3.05) is 39.4 Å². The minimum Gasteiger partial charge on any atom is -0.459 e. The molecule has 1 fully saturated rings. The van der Waals surface area contributed by atoms with Crippen LogP contribution in [-0.4, -0.2) is 72.3 Å². The van der Waals surface area contributed by atoms with Crippen LogP contribution in [0.5, 0.6) is 0 Å². The molecule has 4 rings (SSSR count). The third-order valence-electron chi connectivity index (χ3n) is 6.31. The van der Waals surface area contributed by atoms with Gasteiger partial charge in [-0.15, -0.1) is 0 Å². The van der Waals surface area contributed by atoms with Crippen molar-refractivity contribution in [2.24, 2.45) is 4.99 Å². The van der Waals surface area contributed by atoms with Gasteiger partial charge in [-0.25, -0.2) is 9.79 Å². The van der Waals surface area contributed by atoms with E-state index in [1.165, 1.54) is 23.9 Å². The Hall–Kier alpha value is -2.83. The third-order valence-corrected chi connectivity index (χ3v) is 7.20. The second-order valence-electron chi connectivity index (χ2n) is 9.45. The molecule has 1 saturated heterocycles. The summed E-state index contributed by atoms with van der Waals surface area (Å²) < 4.78 is 50.5. The van der Waals surface area contributed by atoms with Crippen LogP contribution in [0.1, 0.15) is 44.4 Å². The molecule has 0 unspecified atom stereocenters. The van der Waals surface area contributed by atoms with Crippen molar-refractivity contribution in [3.05, 3.63) is 57.8 Å². The molecule has 3 aliphatic heterocycles. The molecule has 1 N–H and O–H groups in total. The maximum atomic E-state index is 13.2. The zero-order valence-electron chi connectivity index (χ0n) is 21.5. The SMILES string of the molecule is CC1=C(C(=O)OC(C)C)[C@H](c2ccc(C(F)(F)F)cc2)N2C(CC(=O)NCCN3CCOCC3)=CSC2=N1. The highest BCUT2D eigenvalue weighted by molar-refractivity contribution is 8.16. The molecule has 0 bridgehead atoms. The quantitative estimate of drug-likeness (QED) is 0.487. The van der Waals surface area contributed by atoms with Crippen LogP contribution in [-0.2, 0) is 25.2 Å². The average Bonchev–Trinajstić information content (AvgIpc) is 3.24. The Morgan fingerprint density at radius 1 is 1.21 bits per heavy atom. The largest absolute Gasteiger partial charge is 0.459 e. The van der Waals surface area contributed by atoms with Crippen LogP contribution in [0.2, 0.25) is 0 Å². The number of hydrogen-bond acceptors (Lipinski definition) is 8. The number of aliphatic imine (C=N–C) groups is 1. The lowest BCUT2D eigenvalue weighted by Crippen LogP contribution is -2.42. The van der Waals surface area contributed by atoms with Gasteiger partial charge in [-0.05, 0) is 43.9 Å². The van der Waals surface area contributed by atoms with Crippen molar-refractivity contribution in [2.45, 2.75) is 45.5 Å². The molecule has 0 aliphatic carbocycles. The number of morpholine rings is 1. The first-order valence-electron chi connectivity index (χ1n) is 12.4. The summed E-state index contributed by atoms with van der Waals surface area (Å²) >= 11 is 1.31. The van der Waals surface area contributed by atoms with Crippen LogP contribution >= 0.6 is 11.8 Å². The van der Waals surface area contributed by atoms with Crippen LogP contribution in [0.25, 0.3) is 0 Å². The first-order chi connectivity index (χ1) is 18.0. The number of alkyl halides is 3. The van der Waals surface area contributed by atoms with E-state index in [-0.39, 0.29) is 17.9 Å². The fourth-order valence-electron chi connectivity index (χ4n) is 4.48. The highest BCUT2D eigenvalue weighted by Gasteiger charge is 2.41. The highest BCUT2D eigenvalue weighted by Crippen LogP contribution is 2.45. The van der Waals surface area contributed by atoms with Gasteiger partial charge in [-0.1, -0.05) is 23.9 Å². The summed E-state index contributed by atoms with van der Waals surface area (Å²) in [6, 6.07) is 3.90. The smallest absolute Gasteiger partial charge is 0.416 e. The van der Waals surface area contributed by atoms with Gasteiger partial charge in [0.1, 0.15) is 0 Å². The monoisotopic (exact) mass is 552 g/mol. The molecule has 3 heterocycles. The molecule has 8 nitrogen and oxygen atoms in total. The number of hydrogen-bond donors (Lipinski definition) is 1. The number of halogens is 3. The second-order valence-corrected chi connectivity index (χ2v) is 10.3. The number of amides is 1. The Kier molecular flexibility index (Phi) is 8.84. The molecule has 12 heteroatoms. The third kappa shape index (κ3) is 6.59. The van der Waals surface area contributed by atoms with Crippen LogP contribution in [0.15, 0.2) is 51.6 Å². The normalized spacial score (nSPS) is 20.3. The van der Waals surface area contributed by atoms with Crippen LogP contribution in [0, 0.1) is 0 Å². The van der Waals surface area contributed by atoms with E-state index in [4.69, 9.17) is 9.47 Å². The average molecular weight is 553 g/mol. The molecule has 1 aromatic carbocycles. The number of carbonyl (C=O) groups excluding carboxylic acids is 2. The van der Waals surface area contributed by atoms with Crippen LogP contribution in [0.4, 0.5) is 13.2 Å². The Labute approximate surface area is 223 Å². The van der Waals surface area contributed by atoms with E-state index in [1.807, 2.05) is 0 Å². The standard InChI is InChI=1S/C26H31F3N4O4S/c1-16(2)37-24(35)22-17(3)31-25-33(23(22)18-4-6-19(7-5-18)26(27,28)29)20(15-38-25)14-21(34)30-8-9-32-10-12-36-13-11-32/h4-7,15-16,23H,8-14H2,1-3H3,(H,30,34)/t23-/m0/s1. The molecule has 0 saturated carbocycles. The number of ether oxygens (including phenoxy) is 2. The predicted molar refractivity (Wildman–Crippen MR) is 138 cm³/mol. The molecular weight excluding hydrogens is 521 g/mol. The van der Waals surface area contributed by atoms with Crippen molar-refractivity contribution >= 4 is 28.8 Å². The van der Waals surface area contributed by atoms with E-state index in [1.54, 1.807) is 31.1 Å². The maximum absolute atomic E-state index is 13.2. The Morgan fingerprint density at radius 2 is 1.89 bits per heavy atom. The van der Waals surface area contributed by atoms with Gasteiger partial charge in [0.15, 0.2) is 5.17 Å². The number of nitrogens with one attached hydrogen (secondary N) is 1. The van der Waals surface area contributed by atoms with Crippen molar-refractivity contribution in [3.63, 3.8) is 0 Å². The van der Waals surface area contributed by atoms with Crippen molar-refractivity contribution in [3.8, 4) is 0 Å². The predicted octanol–water partition coefficient (Wildman–Crippen LogP) is 4.07. The number of amidine groups is 1. The zero-order chi connectivity index (χ0) is 27.4. The molecule has 206 valence electrons. The molecule has 1 amide bonds. The number of rotatable bonds is 8.